The quantitative estimate of drug-likeness (QED) is 0.634. The summed E-state index contributed by atoms with van der Waals surface area (Å²) in [5, 5.41) is 10.6. The van der Waals surface area contributed by atoms with Crippen molar-refractivity contribution >= 4 is 5.84 Å². The smallest absolute Gasteiger partial charge is 0.350 e. The molecule has 0 spiro atoms. The molecule has 0 unspecified atom stereocenters. The van der Waals surface area contributed by atoms with E-state index in [0.29, 0.717) is 31.0 Å². The molecule has 0 bridgehead atoms. The third-order valence-corrected chi connectivity index (χ3v) is 3.17. The first kappa shape index (κ1) is 15.3. The molecule has 1 heterocycles. The van der Waals surface area contributed by atoms with Crippen molar-refractivity contribution in [2.75, 3.05) is 19.6 Å². The van der Waals surface area contributed by atoms with Crippen LogP contribution in [0.3, 0.4) is 0 Å². The largest absolute Gasteiger partial charge is 0.416 e. The molecule has 0 fully saturated rings. The summed E-state index contributed by atoms with van der Waals surface area (Å²) in [7, 11) is 0. The summed E-state index contributed by atoms with van der Waals surface area (Å²) in [6, 6.07) is 4.82. The summed E-state index contributed by atoms with van der Waals surface area (Å²) in [6.07, 6.45) is -3.58. The van der Waals surface area contributed by atoms with Crippen LogP contribution in [-0.4, -0.2) is 35.3 Å². The molecule has 21 heavy (non-hydrogen) atoms. The lowest BCUT2D eigenvalue weighted by Gasteiger charge is -2.27. The number of nitro groups is 1. The maximum absolute atomic E-state index is 12.5. The van der Waals surface area contributed by atoms with E-state index in [1.54, 1.807) is 4.90 Å². The third kappa shape index (κ3) is 4.17. The number of aliphatic imine (C=N–C) groups is 1. The lowest BCUT2D eigenvalue weighted by atomic mass is 10.1. The fourth-order valence-corrected chi connectivity index (χ4v) is 2.15. The highest BCUT2D eigenvalue weighted by atomic mass is 19.4. The number of hydrogen-bond acceptors (Lipinski definition) is 4. The molecular formula is C13H14F3N3O2. The van der Waals surface area contributed by atoms with E-state index in [2.05, 4.69) is 4.99 Å². The van der Waals surface area contributed by atoms with E-state index in [1.165, 1.54) is 12.1 Å². The molecule has 0 N–H and O–H groups in total. The highest BCUT2D eigenvalue weighted by molar-refractivity contribution is 5.83. The zero-order valence-electron chi connectivity index (χ0n) is 11.1. The Labute approximate surface area is 119 Å². The number of amidine groups is 1. The summed E-state index contributed by atoms with van der Waals surface area (Å²) >= 11 is 0. The van der Waals surface area contributed by atoms with Crippen molar-refractivity contribution in [3.63, 3.8) is 0 Å². The predicted molar refractivity (Wildman–Crippen MR) is 70.6 cm³/mol. The highest BCUT2D eigenvalue weighted by Gasteiger charge is 2.30. The van der Waals surface area contributed by atoms with Gasteiger partial charge in [0.1, 0.15) is 0 Å². The molecule has 0 aromatic heterocycles. The summed E-state index contributed by atoms with van der Waals surface area (Å²) in [5.41, 5.74) is -0.0370. The number of rotatable bonds is 4. The van der Waals surface area contributed by atoms with Crippen LogP contribution in [-0.2, 0) is 12.7 Å². The summed E-state index contributed by atoms with van der Waals surface area (Å²) in [6.45, 7) is 1.13. The first-order valence-corrected chi connectivity index (χ1v) is 6.42. The van der Waals surface area contributed by atoms with Gasteiger partial charge in [-0.25, -0.2) is 0 Å². The molecule has 5 nitrogen and oxygen atoms in total. The highest BCUT2D eigenvalue weighted by Crippen LogP contribution is 2.29. The van der Waals surface area contributed by atoms with Crippen molar-refractivity contribution in [1.82, 2.24) is 4.90 Å². The minimum atomic E-state index is -4.36. The van der Waals surface area contributed by atoms with Gasteiger partial charge in [0.2, 0.25) is 0 Å². The Morgan fingerprint density at radius 2 is 1.95 bits per heavy atom. The normalized spacial score (nSPS) is 15.8. The first-order chi connectivity index (χ1) is 9.86. The van der Waals surface area contributed by atoms with E-state index >= 15 is 0 Å². The lowest BCUT2D eigenvalue weighted by Crippen LogP contribution is -2.39. The Morgan fingerprint density at radius 1 is 1.29 bits per heavy atom. The topological polar surface area (TPSA) is 58.7 Å². The van der Waals surface area contributed by atoms with Crippen molar-refractivity contribution in [2.45, 2.75) is 19.1 Å². The second kappa shape index (κ2) is 6.11. The van der Waals surface area contributed by atoms with Crippen LogP contribution in [0.5, 0.6) is 0 Å². The minimum absolute atomic E-state index is 0.324. The zero-order chi connectivity index (χ0) is 15.5. The fraction of sp³-hybridized carbons (Fsp3) is 0.462. The Kier molecular flexibility index (Phi) is 4.44. The Bertz CT molecular complexity index is 541. The van der Waals surface area contributed by atoms with E-state index in [-0.39, 0.29) is 6.54 Å². The second-order valence-corrected chi connectivity index (χ2v) is 4.76. The SMILES string of the molecule is O=[N+]([O-])CC1=NCCCN1Cc1ccc(C(F)(F)F)cc1. The van der Waals surface area contributed by atoms with Crippen LogP contribution in [0.25, 0.3) is 0 Å². The number of benzene rings is 1. The van der Waals surface area contributed by atoms with Gasteiger partial charge < -0.3 is 4.90 Å². The van der Waals surface area contributed by atoms with Gasteiger partial charge in [-0.1, -0.05) is 12.1 Å². The van der Waals surface area contributed by atoms with Crippen LogP contribution in [0.2, 0.25) is 0 Å². The van der Waals surface area contributed by atoms with E-state index in [0.717, 1.165) is 18.6 Å². The predicted octanol–water partition coefficient (Wildman–Crippen LogP) is 2.59. The third-order valence-electron chi connectivity index (χ3n) is 3.17. The van der Waals surface area contributed by atoms with Gasteiger partial charge in [-0.15, -0.1) is 0 Å². The van der Waals surface area contributed by atoms with Crippen molar-refractivity contribution in [1.29, 1.82) is 0 Å². The molecule has 114 valence electrons. The van der Waals surface area contributed by atoms with Gasteiger partial charge >= 0.3 is 6.18 Å². The molecule has 0 saturated heterocycles. The Balaban J connectivity index is 2.08. The zero-order valence-corrected chi connectivity index (χ0v) is 11.1. The summed E-state index contributed by atoms with van der Waals surface area (Å²) in [4.78, 5) is 16.0. The maximum Gasteiger partial charge on any atom is 0.416 e. The maximum atomic E-state index is 12.5. The van der Waals surface area contributed by atoms with Crippen molar-refractivity contribution in [3.05, 3.63) is 45.5 Å². The number of nitrogens with zero attached hydrogens (tertiary/aromatic N) is 3. The Morgan fingerprint density at radius 3 is 2.52 bits per heavy atom. The van der Waals surface area contributed by atoms with Crippen molar-refractivity contribution in [2.24, 2.45) is 4.99 Å². The van der Waals surface area contributed by atoms with Gasteiger partial charge in [0.15, 0.2) is 5.84 Å². The van der Waals surface area contributed by atoms with E-state index in [4.69, 9.17) is 0 Å². The van der Waals surface area contributed by atoms with Gasteiger partial charge in [-0.05, 0) is 24.1 Å². The van der Waals surface area contributed by atoms with Crippen LogP contribution in [0.15, 0.2) is 29.3 Å². The van der Waals surface area contributed by atoms with E-state index in [1.807, 2.05) is 0 Å². The molecular weight excluding hydrogens is 287 g/mol. The van der Waals surface area contributed by atoms with Crippen LogP contribution < -0.4 is 0 Å². The molecule has 8 heteroatoms. The lowest BCUT2D eigenvalue weighted by molar-refractivity contribution is -0.464. The molecule has 0 atom stereocenters. The van der Waals surface area contributed by atoms with Gasteiger partial charge in [0.25, 0.3) is 6.54 Å². The number of halogens is 3. The van der Waals surface area contributed by atoms with E-state index < -0.39 is 16.7 Å². The van der Waals surface area contributed by atoms with Crippen LogP contribution in [0, 0.1) is 10.1 Å². The van der Waals surface area contributed by atoms with Crippen molar-refractivity contribution in [3.8, 4) is 0 Å². The van der Waals surface area contributed by atoms with Gasteiger partial charge in [0, 0.05) is 24.6 Å². The fourth-order valence-electron chi connectivity index (χ4n) is 2.15. The molecule has 1 aromatic rings. The molecule has 0 aliphatic carbocycles. The molecule has 0 radical (unpaired) electrons. The standard InChI is InChI=1S/C13H14F3N3O2/c14-13(15,16)11-4-2-10(3-5-11)8-18-7-1-6-17-12(18)9-19(20)21/h2-5H,1,6-9H2. The van der Waals surface area contributed by atoms with Crippen LogP contribution >= 0.6 is 0 Å². The monoisotopic (exact) mass is 301 g/mol. The van der Waals surface area contributed by atoms with Gasteiger partial charge in [-0.2, -0.15) is 13.2 Å². The van der Waals surface area contributed by atoms with Gasteiger partial charge in [-0.3, -0.25) is 15.1 Å². The number of hydrogen-bond donors (Lipinski definition) is 0. The average Bonchev–Trinajstić information content (AvgIpc) is 2.40. The second-order valence-electron chi connectivity index (χ2n) is 4.76. The molecule has 0 saturated carbocycles. The molecule has 1 aliphatic rings. The average molecular weight is 301 g/mol. The minimum Gasteiger partial charge on any atom is -0.350 e. The summed E-state index contributed by atoms with van der Waals surface area (Å²) < 4.78 is 37.4. The molecule has 1 aliphatic heterocycles. The van der Waals surface area contributed by atoms with Crippen LogP contribution in [0.4, 0.5) is 13.2 Å². The van der Waals surface area contributed by atoms with Crippen LogP contribution in [0.1, 0.15) is 17.5 Å². The molecule has 1 aromatic carbocycles. The van der Waals surface area contributed by atoms with E-state index in [9.17, 15) is 23.3 Å². The summed E-state index contributed by atoms with van der Waals surface area (Å²) in [5.74, 6) is 0.381. The number of alkyl halides is 3. The van der Waals surface area contributed by atoms with Crippen molar-refractivity contribution < 1.29 is 18.1 Å². The Hall–Kier alpha value is -2.12. The molecule has 2 rings (SSSR count). The molecule has 0 amide bonds. The first-order valence-electron chi connectivity index (χ1n) is 6.42. The van der Waals surface area contributed by atoms with Gasteiger partial charge in [0.05, 0.1) is 5.56 Å².